The van der Waals surface area contributed by atoms with Crippen LogP contribution in [0.5, 0.6) is 0 Å². The number of sulfonamides is 1. The lowest BCUT2D eigenvalue weighted by Gasteiger charge is -2.31. The Morgan fingerprint density at radius 1 is 1.12 bits per heavy atom. The summed E-state index contributed by atoms with van der Waals surface area (Å²) in [5.74, 6) is 0.455. The fourth-order valence-corrected chi connectivity index (χ4v) is 5.18. The molecule has 0 atom stereocenters. The Balaban J connectivity index is 1.61. The molecule has 0 aliphatic carbocycles. The second-order valence-electron chi connectivity index (χ2n) is 6.05. The highest BCUT2D eigenvalue weighted by molar-refractivity contribution is 7.89. The van der Waals surface area contributed by atoms with Gasteiger partial charge in [-0.05, 0) is 31.3 Å². The SMILES string of the molecule is CN1CCN(S(=O)(=O)c2ccc3nc(Nc4ncccn4)sc3c2)CC1. The number of aromatic nitrogens is 3. The van der Waals surface area contributed by atoms with Crippen molar-refractivity contribution in [2.45, 2.75) is 4.90 Å². The minimum Gasteiger partial charge on any atom is -0.304 e. The summed E-state index contributed by atoms with van der Waals surface area (Å²) in [5.41, 5.74) is 0.741. The molecule has 4 rings (SSSR count). The van der Waals surface area contributed by atoms with Gasteiger partial charge in [0.25, 0.3) is 0 Å². The van der Waals surface area contributed by atoms with Gasteiger partial charge in [0.05, 0.1) is 15.1 Å². The Morgan fingerprint density at radius 2 is 1.85 bits per heavy atom. The molecule has 8 nitrogen and oxygen atoms in total. The molecule has 0 bridgehead atoms. The molecule has 1 N–H and O–H groups in total. The van der Waals surface area contributed by atoms with Crippen LogP contribution in [0.1, 0.15) is 0 Å². The largest absolute Gasteiger partial charge is 0.304 e. The maximum absolute atomic E-state index is 12.9. The van der Waals surface area contributed by atoms with Gasteiger partial charge in [0, 0.05) is 38.6 Å². The van der Waals surface area contributed by atoms with E-state index in [1.165, 1.54) is 11.3 Å². The lowest BCUT2D eigenvalue weighted by molar-refractivity contribution is 0.222. The molecule has 2 aromatic heterocycles. The molecule has 10 heteroatoms. The van der Waals surface area contributed by atoms with E-state index in [9.17, 15) is 8.42 Å². The van der Waals surface area contributed by atoms with Gasteiger partial charge < -0.3 is 10.2 Å². The Bertz CT molecular complexity index is 1010. The van der Waals surface area contributed by atoms with E-state index in [1.54, 1.807) is 41.0 Å². The lowest BCUT2D eigenvalue weighted by Crippen LogP contribution is -2.46. The van der Waals surface area contributed by atoms with Gasteiger partial charge in [-0.3, -0.25) is 0 Å². The van der Waals surface area contributed by atoms with E-state index in [0.717, 1.165) is 23.3 Å². The van der Waals surface area contributed by atoms with Crippen molar-refractivity contribution in [1.82, 2.24) is 24.2 Å². The standard InChI is InChI=1S/C16H18N6O2S2/c1-21-7-9-22(10-8-21)26(23,24)12-3-4-13-14(11-12)25-16(19-13)20-15-17-5-2-6-18-15/h2-6,11H,7-10H2,1H3,(H,17,18,19,20). The van der Waals surface area contributed by atoms with Crippen molar-refractivity contribution < 1.29 is 8.42 Å². The van der Waals surface area contributed by atoms with Crippen molar-refractivity contribution in [2.24, 2.45) is 0 Å². The molecule has 1 aliphatic heterocycles. The maximum Gasteiger partial charge on any atom is 0.243 e. The van der Waals surface area contributed by atoms with Crippen LogP contribution >= 0.6 is 11.3 Å². The summed E-state index contributed by atoms with van der Waals surface area (Å²) in [6, 6.07) is 6.79. The molecule has 136 valence electrons. The van der Waals surface area contributed by atoms with Gasteiger partial charge >= 0.3 is 0 Å². The molecule has 0 radical (unpaired) electrons. The number of benzene rings is 1. The molecule has 1 fully saturated rings. The number of nitrogens with zero attached hydrogens (tertiary/aromatic N) is 5. The highest BCUT2D eigenvalue weighted by Crippen LogP contribution is 2.30. The average molecular weight is 390 g/mol. The van der Waals surface area contributed by atoms with E-state index in [4.69, 9.17) is 0 Å². The van der Waals surface area contributed by atoms with Gasteiger partial charge in [-0.15, -0.1) is 0 Å². The van der Waals surface area contributed by atoms with Crippen molar-refractivity contribution >= 4 is 42.7 Å². The highest BCUT2D eigenvalue weighted by atomic mass is 32.2. The summed E-state index contributed by atoms with van der Waals surface area (Å²) in [6.45, 7) is 2.51. The van der Waals surface area contributed by atoms with Crippen molar-refractivity contribution in [2.75, 3.05) is 38.5 Å². The normalized spacial score (nSPS) is 16.8. The van der Waals surface area contributed by atoms with Crippen LogP contribution in [0.25, 0.3) is 10.2 Å². The first-order valence-electron chi connectivity index (χ1n) is 8.16. The Kier molecular flexibility index (Phi) is 4.57. The molecule has 3 aromatic rings. The zero-order chi connectivity index (χ0) is 18.1. The quantitative estimate of drug-likeness (QED) is 0.726. The second-order valence-corrected chi connectivity index (χ2v) is 9.02. The van der Waals surface area contributed by atoms with E-state index in [-0.39, 0.29) is 0 Å². The number of nitrogens with one attached hydrogen (secondary N) is 1. The fraction of sp³-hybridized carbons (Fsp3) is 0.312. The summed E-state index contributed by atoms with van der Waals surface area (Å²) in [7, 11) is -1.49. The molecular weight excluding hydrogens is 372 g/mol. The van der Waals surface area contributed by atoms with Crippen LogP contribution in [0.2, 0.25) is 0 Å². The molecule has 1 saturated heterocycles. The Morgan fingerprint density at radius 3 is 2.58 bits per heavy atom. The van der Waals surface area contributed by atoms with Gasteiger partial charge in [0.2, 0.25) is 16.0 Å². The van der Waals surface area contributed by atoms with Gasteiger partial charge in [0.15, 0.2) is 5.13 Å². The summed E-state index contributed by atoms with van der Waals surface area (Å²) in [5, 5.41) is 3.66. The summed E-state index contributed by atoms with van der Waals surface area (Å²) in [6.07, 6.45) is 3.28. The third kappa shape index (κ3) is 3.40. The number of anilines is 2. The zero-order valence-electron chi connectivity index (χ0n) is 14.2. The number of thiazole rings is 1. The highest BCUT2D eigenvalue weighted by Gasteiger charge is 2.27. The fourth-order valence-electron chi connectivity index (χ4n) is 2.76. The lowest BCUT2D eigenvalue weighted by atomic mass is 10.3. The Hall–Kier alpha value is -2.14. The first kappa shape index (κ1) is 17.3. The van der Waals surface area contributed by atoms with Gasteiger partial charge in [-0.1, -0.05) is 11.3 Å². The third-order valence-corrected chi connectivity index (χ3v) is 7.07. The molecule has 0 saturated carbocycles. The Labute approximate surface area is 155 Å². The van der Waals surface area contributed by atoms with Crippen LogP contribution in [0.15, 0.2) is 41.6 Å². The van der Waals surface area contributed by atoms with Crippen LogP contribution < -0.4 is 5.32 Å². The van der Waals surface area contributed by atoms with Crippen molar-refractivity contribution in [1.29, 1.82) is 0 Å². The van der Waals surface area contributed by atoms with E-state index in [0.29, 0.717) is 29.1 Å². The molecule has 1 aromatic carbocycles. The molecule has 1 aliphatic rings. The van der Waals surface area contributed by atoms with Crippen molar-refractivity contribution in [3.05, 3.63) is 36.7 Å². The number of rotatable bonds is 4. The van der Waals surface area contributed by atoms with E-state index in [1.807, 2.05) is 7.05 Å². The second kappa shape index (κ2) is 6.88. The number of hydrogen-bond acceptors (Lipinski definition) is 8. The minimum atomic E-state index is -3.49. The van der Waals surface area contributed by atoms with Crippen LogP contribution in [0, 0.1) is 0 Å². The molecule has 0 unspecified atom stereocenters. The summed E-state index contributed by atoms with van der Waals surface area (Å²) >= 11 is 1.38. The summed E-state index contributed by atoms with van der Waals surface area (Å²) < 4.78 is 28.1. The van der Waals surface area contributed by atoms with E-state index < -0.39 is 10.0 Å². The number of piperazine rings is 1. The minimum absolute atomic E-state index is 0.306. The zero-order valence-corrected chi connectivity index (χ0v) is 15.8. The molecule has 0 spiro atoms. The maximum atomic E-state index is 12.9. The number of fused-ring (bicyclic) bond motifs is 1. The van der Waals surface area contributed by atoms with Gasteiger partial charge in [-0.2, -0.15) is 4.31 Å². The first-order chi connectivity index (χ1) is 12.5. The number of likely N-dealkylation sites (N-methyl/N-ethyl adjacent to an activating group) is 1. The van der Waals surface area contributed by atoms with Gasteiger partial charge in [0.1, 0.15) is 0 Å². The van der Waals surface area contributed by atoms with Crippen molar-refractivity contribution in [3.63, 3.8) is 0 Å². The smallest absolute Gasteiger partial charge is 0.243 e. The molecular formula is C16H18N6O2S2. The van der Waals surface area contributed by atoms with Gasteiger partial charge in [-0.25, -0.2) is 23.4 Å². The molecule has 26 heavy (non-hydrogen) atoms. The third-order valence-electron chi connectivity index (χ3n) is 4.24. The van der Waals surface area contributed by atoms with E-state index in [2.05, 4.69) is 25.2 Å². The van der Waals surface area contributed by atoms with Crippen LogP contribution in [-0.4, -0.2) is 65.8 Å². The first-order valence-corrected chi connectivity index (χ1v) is 10.4. The van der Waals surface area contributed by atoms with Crippen molar-refractivity contribution in [3.8, 4) is 0 Å². The molecule has 3 heterocycles. The van der Waals surface area contributed by atoms with Crippen LogP contribution in [-0.2, 0) is 10.0 Å². The van der Waals surface area contributed by atoms with Crippen LogP contribution in [0.4, 0.5) is 11.1 Å². The topological polar surface area (TPSA) is 91.3 Å². The predicted molar refractivity (Wildman–Crippen MR) is 101 cm³/mol. The predicted octanol–water partition coefficient (Wildman–Crippen LogP) is 1.77. The average Bonchev–Trinajstić information content (AvgIpc) is 3.04. The molecule has 0 amide bonds. The van der Waals surface area contributed by atoms with Crippen LogP contribution in [0.3, 0.4) is 0 Å². The summed E-state index contributed by atoms with van der Waals surface area (Å²) in [4.78, 5) is 15.1. The van der Waals surface area contributed by atoms with E-state index >= 15 is 0 Å². The number of hydrogen-bond donors (Lipinski definition) is 1. The monoisotopic (exact) mass is 390 g/mol.